The van der Waals surface area contributed by atoms with Crippen LogP contribution in [0.25, 0.3) is 11.4 Å². The Bertz CT molecular complexity index is 1070. The molecule has 3 heterocycles. The molecule has 0 atom stereocenters. The fraction of sp³-hybridized carbons (Fsp3) is 0.500. The Balaban J connectivity index is 1.50. The van der Waals surface area contributed by atoms with Crippen LogP contribution in [-0.4, -0.2) is 76.2 Å². The molecule has 11 heteroatoms. The number of ether oxygens (including phenoxy) is 2. The van der Waals surface area contributed by atoms with Crippen LogP contribution in [0.4, 0.5) is 16.3 Å². The lowest BCUT2D eigenvalue weighted by atomic mass is 10.1. The topological polar surface area (TPSA) is 123 Å². The molecule has 33 heavy (non-hydrogen) atoms. The number of benzene rings is 1. The largest absolute Gasteiger partial charge is 0.381 e. The van der Waals surface area contributed by atoms with Crippen LogP contribution in [0.1, 0.15) is 18.5 Å². The minimum atomic E-state index is -3.25. The minimum absolute atomic E-state index is 0.114. The molecule has 10 nitrogen and oxygen atoms in total. The van der Waals surface area contributed by atoms with Gasteiger partial charge in [0, 0.05) is 55.9 Å². The van der Waals surface area contributed by atoms with E-state index in [0.717, 1.165) is 18.4 Å². The van der Waals surface area contributed by atoms with Gasteiger partial charge in [0.2, 0.25) is 0 Å². The van der Waals surface area contributed by atoms with E-state index in [-0.39, 0.29) is 17.8 Å². The molecule has 0 aliphatic carbocycles. The average Bonchev–Trinajstić information content (AvgIpc) is 2.79. The van der Waals surface area contributed by atoms with Crippen molar-refractivity contribution in [3.8, 4) is 11.4 Å². The first-order valence-corrected chi connectivity index (χ1v) is 13.1. The summed E-state index contributed by atoms with van der Waals surface area (Å²) in [6, 6.07) is 8.77. The summed E-state index contributed by atoms with van der Waals surface area (Å²) in [7, 11) is -3.25. The third-order valence-electron chi connectivity index (χ3n) is 5.47. The van der Waals surface area contributed by atoms with E-state index in [1.54, 1.807) is 18.2 Å². The van der Waals surface area contributed by atoms with Gasteiger partial charge in [-0.05, 0) is 37.1 Å². The number of carbonyl (C=O) groups is 1. The third-order valence-corrected chi connectivity index (χ3v) is 6.29. The highest BCUT2D eigenvalue weighted by Crippen LogP contribution is 2.23. The van der Waals surface area contributed by atoms with Gasteiger partial charge in [0.25, 0.3) is 0 Å². The molecule has 1 aromatic heterocycles. The van der Waals surface area contributed by atoms with Gasteiger partial charge in [-0.25, -0.2) is 23.2 Å². The molecule has 2 aromatic rings. The number of amides is 2. The number of sulfone groups is 1. The Morgan fingerprint density at radius 1 is 1.06 bits per heavy atom. The van der Waals surface area contributed by atoms with Crippen LogP contribution < -0.4 is 15.5 Å². The van der Waals surface area contributed by atoms with E-state index in [0.29, 0.717) is 62.5 Å². The van der Waals surface area contributed by atoms with E-state index in [1.165, 1.54) is 6.26 Å². The van der Waals surface area contributed by atoms with Crippen LogP contribution in [0.3, 0.4) is 0 Å². The summed E-state index contributed by atoms with van der Waals surface area (Å²) in [6.45, 7) is 3.86. The first-order chi connectivity index (χ1) is 15.9. The fourth-order valence-corrected chi connectivity index (χ4v) is 4.49. The minimum Gasteiger partial charge on any atom is -0.381 e. The highest BCUT2D eigenvalue weighted by atomic mass is 32.2. The van der Waals surface area contributed by atoms with Crippen LogP contribution in [0.2, 0.25) is 0 Å². The zero-order valence-corrected chi connectivity index (χ0v) is 19.4. The highest BCUT2D eigenvalue weighted by Gasteiger charge is 2.18. The summed E-state index contributed by atoms with van der Waals surface area (Å²) < 4.78 is 34.5. The zero-order chi connectivity index (χ0) is 23.3. The fourth-order valence-electron chi connectivity index (χ4n) is 3.81. The van der Waals surface area contributed by atoms with Gasteiger partial charge in [-0.2, -0.15) is 0 Å². The molecule has 2 N–H and O–H groups in total. The van der Waals surface area contributed by atoms with Crippen molar-refractivity contribution in [2.45, 2.75) is 24.6 Å². The number of nitrogens with zero attached hydrogens (tertiary/aromatic N) is 3. The maximum atomic E-state index is 12.3. The van der Waals surface area contributed by atoms with Crippen LogP contribution in [-0.2, 0) is 25.1 Å². The van der Waals surface area contributed by atoms with E-state index in [1.807, 2.05) is 12.1 Å². The predicted octanol–water partition coefficient (Wildman–Crippen LogP) is 1.83. The molecule has 2 amide bonds. The summed E-state index contributed by atoms with van der Waals surface area (Å²) in [6.07, 6.45) is 2.80. The lowest BCUT2D eigenvalue weighted by Crippen LogP contribution is -2.41. The van der Waals surface area contributed by atoms with Gasteiger partial charge in [-0.1, -0.05) is 0 Å². The van der Waals surface area contributed by atoms with E-state index in [9.17, 15) is 13.2 Å². The molecule has 2 fully saturated rings. The first kappa shape index (κ1) is 23.4. The van der Waals surface area contributed by atoms with E-state index >= 15 is 0 Å². The van der Waals surface area contributed by atoms with Gasteiger partial charge in [-0.15, -0.1) is 0 Å². The standard InChI is InChI=1S/C22H29N5O5S/c1-33(29,30)15-19-14-20(27-8-12-32-13-9-27)26-21(23-19)16-2-4-17(5-3-16)24-22(28)25-18-6-10-31-11-7-18/h2-5,14,18H,6-13,15H2,1H3,(H2,24,25,28). The van der Waals surface area contributed by atoms with E-state index in [4.69, 9.17) is 9.47 Å². The van der Waals surface area contributed by atoms with Crippen molar-refractivity contribution in [3.05, 3.63) is 36.0 Å². The Morgan fingerprint density at radius 3 is 2.39 bits per heavy atom. The molecule has 1 aromatic carbocycles. The first-order valence-electron chi connectivity index (χ1n) is 11.0. The molecule has 0 spiro atoms. The van der Waals surface area contributed by atoms with Gasteiger partial charge in [0.15, 0.2) is 15.7 Å². The lowest BCUT2D eigenvalue weighted by Gasteiger charge is -2.28. The maximum absolute atomic E-state index is 12.3. The summed E-state index contributed by atoms with van der Waals surface area (Å²) in [4.78, 5) is 23.5. The molecule has 0 bridgehead atoms. The van der Waals surface area contributed by atoms with Crippen molar-refractivity contribution in [1.82, 2.24) is 15.3 Å². The molecule has 2 aliphatic heterocycles. The van der Waals surface area contributed by atoms with Gasteiger partial charge >= 0.3 is 6.03 Å². The number of anilines is 2. The van der Waals surface area contributed by atoms with Crippen LogP contribution in [0.5, 0.6) is 0 Å². The summed E-state index contributed by atoms with van der Waals surface area (Å²) >= 11 is 0. The Hall–Kier alpha value is -2.76. The molecule has 2 saturated heterocycles. The van der Waals surface area contributed by atoms with Crippen LogP contribution >= 0.6 is 0 Å². The Labute approximate surface area is 193 Å². The molecule has 4 rings (SSSR count). The predicted molar refractivity (Wildman–Crippen MR) is 125 cm³/mol. The second-order valence-corrected chi connectivity index (χ2v) is 10.4. The molecular formula is C22H29N5O5S. The van der Waals surface area contributed by atoms with Crippen molar-refractivity contribution in [3.63, 3.8) is 0 Å². The summed E-state index contributed by atoms with van der Waals surface area (Å²) in [5, 5.41) is 5.80. The molecule has 178 valence electrons. The van der Waals surface area contributed by atoms with Crippen LogP contribution in [0.15, 0.2) is 30.3 Å². The number of hydrogen-bond acceptors (Lipinski definition) is 8. The van der Waals surface area contributed by atoms with Gasteiger partial charge in [-0.3, -0.25) is 0 Å². The summed E-state index contributed by atoms with van der Waals surface area (Å²) in [5.41, 5.74) is 1.82. The number of rotatable bonds is 6. The highest BCUT2D eigenvalue weighted by molar-refractivity contribution is 7.89. The Kier molecular flexibility index (Phi) is 7.41. The van der Waals surface area contributed by atoms with E-state index < -0.39 is 9.84 Å². The number of urea groups is 1. The second kappa shape index (κ2) is 10.4. The normalized spacial score (nSPS) is 17.5. The van der Waals surface area contributed by atoms with Crippen LogP contribution in [0, 0.1) is 0 Å². The Morgan fingerprint density at radius 2 is 1.73 bits per heavy atom. The molecule has 0 radical (unpaired) electrons. The number of carbonyl (C=O) groups excluding carboxylic acids is 1. The summed E-state index contributed by atoms with van der Waals surface area (Å²) in [5.74, 6) is 0.960. The molecule has 0 unspecified atom stereocenters. The average molecular weight is 476 g/mol. The van der Waals surface area contributed by atoms with Gasteiger partial charge < -0.3 is 25.0 Å². The number of nitrogens with one attached hydrogen (secondary N) is 2. The number of hydrogen-bond donors (Lipinski definition) is 2. The number of aromatic nitrogens is 2. The van der Waals surface area contributed by atoms with Crippen molar-refractivity contribution in [1.29, 1.82) is 0 Å². The monoisotopic (exact) mass is 475 g/mol. The lowest BCUT2D eigenvalue weighted by molar-refractivity contribution is 0.0806. The zero-order valence-electron chi connectivity index (χ0n) is 18.6. The molecule has 0 saturated carbocycles. The molecule has 2 aliphatic rings. The second-order valence-electron chi connectivity index (χ2n) is 8.27. The van der Waals surface area contributed by atoms with Crippen molar-refractivity contribution in [2.75, 3.05) is 56.0 Å². The quantitative estimate of drug-likeness (QED) is 0.649. The van der Waals surface area contributed by atoms with Gasteiger partial charge in [0.1, 0.15) is 5.82 Å². The third kappa shape index (κ3) is 6.86. The smallest absolute Gasteiger partial charge is 0.319 e. The number of morpholine rings is 1. The molecular weight excluding hydrogens is 446 g/mol. The van der Waals surface area contributed by atoms with Crippen molar-refractivity contribution in [2.24, 2.45) is 0 Å². The maximum Gasteiger partial charge on any atom is 0.319 e. The van der Waals surface area contributed by atoms with Crippen molar-refractivity contribution >= 4 is 27.4 Å². The van der Waals surface area contributed by atoms with Gasteiger partial charge in [0.05, 0.1) is 24.7 Å². The van der Waals surface area contributed by atoms with E-state index in [2.05, 4.69) is 25.5 Å². The SMILES string of the molecule is CS(=O)(=O)Cc1cc(N2CCOCC2)nc(-c2ccc(NC(=O)NC3CCOCC3)cc2)n1. The van der Waals surface area contributed by atoms with Crippen molar-refractivity contribution < 1.29 is 22.7 Å².